The van der Waals surface area contributed by atoms with Crippen molar-refractivity contribution < 1.29 is 38.5 Å². The Morgan fingerprint density at radius 2 is 1.42 bits per heavy atom. The number of nitrogens with zero attached hydrogens (tertiary/aromatic N) is 2. The van der Waals surface area contributed by atoms with Crippen LogP contribution in [0.15, 0.2) is 90.5 Å². The van der Waals surface area contributed by atoms with Crippen LogP contribution in [0.3, 0.4) is 0 Å². The number of carbonyl (C=O) groups is 4. The predicted octanol–water partition coefficient (Wildman–Crippen LogP) is 7.57. The van der Waals surface area contributed by atoms with Gasteiger partial charge in [-0.3, -0.25) is 29.5 Å². The lowest BCUT2D eigenvalue weighted by atomic mass is 9.49. The van der Waals surface area contributed by atoms with E-state index < -0.39 is 52.7 Å². The van der Waals surface area contributed by atoms with E-state index in [-0.39, 0.29) is 46.7 Å². The van der Waals surface area contributed by atoms with Crippen LogP contribution in [-0.2, 0) is 24.6 Å². The number of anilines is 2. The first-order chi connectivity index (χ1) is 26.4. The van der Waals surface area contributed by atoms with E-state index in [1.807, 2.05) is 6.08 Å². The summed E-state index contributed by atoms with van der Waals surface area (Å²) < 4.78 is 16.7. The van der Waals surface area contributed by atoms with Gasteiger partial charge >= 0.3 is 0 Å². The number of rotatable bonds is 8. The van der Waals surface area contributed by atoms with Crippen LogP contribution in [0.25, 0.3) is 0 Å². The lowest BCUT2D eigenvalue weighted by Gasteiger charge is -2.50. The zero-order valence-electron chi connectivity index (χ0n) is 29.7. The van der Waals surface area contributed by atoms with Gasteiger partial charge in [-0.05, 0) is 96.6 Å². The Labute approximate surface area is 331 Å². The predicted molar refractivity (Wildman–Crippen MR) is 206 cm³/mol. The Hall–Kier alpha value is -5.23. The van der Waals surface area contributed by atoms with Gasteiger partial charge in [0.05, 0.1) is 60.9 Å². The van der Waals surface area contributed by atoms with E-state index in [1.165, 1.54) is 32.3 Å². The lowest BCUT2D eigenvalue weighted by molar-refractivity contribution is -0.138. The number of imide groups is 2. The number of aromatic hydroxyl groups is 1. The Morgan fingerprint density at radius 1 is 0.764 bits per heavy atom. The van der Waals surface area contributed by atoms with Crippen molar-refractivity contribution in [2.75, 3.05) is 31.7 Å². The molecule has 0 spiro atoms. The standard InChI is InChI=1S/C41H34Cl3N3O8/c1-53-25-11-4-21(5-12-25)41-29(38(50)47(40(41)52)45-31-15-8-23(43)18-30(31)44)19-28-26(35(41)20-16-32(54-2)36(48)33(17-20)55-3)13-14-27-34(28)39(51)46(37(27)49)24-9-6-22(42)7-10-24/h4-13,15-18,27-29,34-35,45,48H,14,19H2,1-3H3. The van der Waals surface area contributed by atoms with Crippen molar-refractivity contribution in [3.8, 4) is 23.0 Å². The van der Waals surface area contributed by atoms with Gasteiger partial charge in [0.15, 0.2) is 11.5 Å². The highest BCUT2D eigenvalue weighted by molar-refractivity contribution is 6.36. The average molecular weight is 803 g/mol. The minimum atomic E-state index is -1.63. The molecule has 11 nitrogen and oxygen atoms in total. The first kappa shape index (κ1) is 36.7. The zero-order valence-corrected chi connectivity index (χ0v) is 32.0. The van der Waals surface area contributed by atoms with Crippen molar-refractivity contribution in [1.29, 1.82) is 0 Å². The Morgan fingerprint density at radius 3 is 2.04 bits per heavy atom. The van der Waals surface area contributed by atoms with Crippen molar-refractivity contribution in [2.45, 2.75) is 24.2 Å². The summed E-state index contributed by atoms with van der Waals surface area (Å²) in [6.07, 6.45) is 2.21. The number of benzene rings is 4. The SMILES string of the molecule is COc1ccc(C23C(=O)N(Nc4ccc(Cl)cc4Cl)C(=O)C2CC2C(=CCC4C(=O)N(c5ccc(Cl)cc5)C(=O)C42)C3c2cc(OC)c(O)c(OC)c2)cc1. The van der Waals surface area contributed by atoms with E-state index in [9.17, 15) is 14.7 Å². The number of hydrogen-bond acceptors (Lipinski definition) is 9. The Bertz CT molecular complexity index is 2270. The minimum Gasteiger partial charge on any atom is -0.502 e. The van der Waals surface area contributed by atoms with Gasteiger partial charge in [-0.25, -0.2) is 0 Å². The fourth-order valence-corrected chi connectivity index (χ4v) is 9.72. The quantitative estimate of drug-likeness (QED) is 0.137. The molecular formula is C41H34Cl3N3O8. The van der Waals surface area contributed by atoms with Gasteiger partial charge in [-0.2, -0.15) is 5.01 Å². The molecular weight excluding hydrogens is 769 g/mol. The fraction of sp³-hybridized carbons (Fsp3) is 0.268. The molecule has 4 amide bonds. The number of fused-ring (bicyclic) bond motifs is 4. The molecule has 55 heavy (non-hydrogen) atoms. The molecule has 4 aromatic carbocycles. The average Bonchev–Trinajstić information content (AvgIpc) is 3.57. The number of amides is 4. The summed E-state index contributed by atoms with van der Waals surface area (Å²) in [7, 11) is 4.32. The van der Waals surface area contributed by atoms with E-state index in [2.05, 4.69) is 5.43 Å². The van der Waals surface area contributed by atoms with Crippen LogP contribution in [0.1, 0.15) is 29.9 Å². The van der Waals surface area contributed by atoms with Gasteiger partial charge in [-0.15, -0.1) is 0 Å². The minimum absolute atomic E-state index is 0.0620. The number of nitrogens with one attached hydrogen (secondary N) is 1. The lowest BCUT2D eigenvalue weighted by Crippen LogP contribution is -2.53. The normalized spacial score (nSPS) is 25.6. The van der Waals surface area contributed by atoms with Gasteiger partial charge in [0.2, 0.25) is 17.6 Å². The topological polar surface area (TPSA) is 135 Å². The number of hydrogen-bond donors (Lipinski definition) is 2. The zero-order chi connectivity index (χ0) is 38.9. The highest BCUT2D eigenvalue weighted by Gasteiger charge is 2.70. The Balaban J connectivity index is 1.36. The van der Waals surface area contributed by atoms with Crippen molar-refractivity contribution in [3.05, 3.63) is 117 Å². The maximum absolute atomic E-state index is 15.5. The highest BCUT2D eigenvalue weighted by Crippen LogP contribution is 2.65. The summed E-state index contributed by atoms with van der Waals surface area (Å²) in [5.41, 5.74) is 3.72. The van der Waals surface area contributed by atoms with Gasteiger partial charge in [-0.1, -0.05) is 58.6 Å². The number of hydrazine groups is 1. The molecule has 14 heteroatoms. The van der Waals surface area contributed by atoms with Crippen molar-refractivity contribution >= 4 is 69.8 Å². The number of carbonyl (C=O) groups excluding carboxylic acids is 4. The number of phenolic OH excluding ortho intramolecular Hbond substituents is 1. The van der Waals surface area contributed by atoms with Crippen LogP contribution < -0.4 is 24.5 Å². The number of phenols is 1. The van der Waals surface area contributed by atoms with Crippen molar-refractivity contribution in [2.24, 2.45) is 23.7 Å². The van der Waals surface area contributed by atoms with Gasteiger partial charge in [0.25, 0.3) is 11.8 Å². The summed E-state index contributed by atoms with van der Waals surface area (Å²) in [4.78, 5) is 60.4. The van der Waals surface area contributed by atoms with Gasteiger partial charge < -0.3 is 19.3 Å². The van der Waals surface area contributed by atoms with E-state index in [4.69, 9.17) is 49.0 Å². The number of halogens is 3. The molecule has 2 N–H and O–H groups in total. The molecule has 3 fully saturated rings. The second-order valence-electron chi connectivity index (χ2n) is 14.0. The van der Waals surface area contributed by atoms with Crippen molar-refractivity contribution in [3.63, 3.8) is 0 Å². The third-order valence-electron chi connectivity index (χ3n) is 11.5. The van der Waals surface area contributed by atoms with Crippen LogP contribution in [-0.4, -0.2) is 55.1 Å². The summed E-state index contributed by atoms with van der Waals surface area (Å²) in [6, 6.07) is 21.3. The molecule has 2 heterocycles. The molecule has 0 bridgehead atoms. The molecule has 2 saturated heterocycles. The van der Waals surface area contributed by atoms with Crippen LogP contribution in [0, 0.1) is 23.7 Å². The van der Waals surface area contributed by atoms with Gasteiger partial charge in [0.1, 0.15) is 5.75 Å². The molecule has 4 aliphatic rings. The smallest absolute Gasteiger partial charge is 0.260 e. The summed E-state index contributed by atoms with van der Waals surface area (Å²) in [5, 5.41) is 13.0. The largest absolute Gasteiger partial charge is 0.502 e. The van der Waals surface area contributed by atoms with E-state index in [1.54, 1.807) is 72.8 Å². The van der Waals surface area contributed by atoms with Crippen LogP contribution in [0.2, 0.25) is 15.1 Å². The molecule has 4 aromatic rings. The van der Waals surface area contributed by atoms with Crippen LogP contribution >= 0.6 is 34.8 Å². The summed E-state index contributed by atoms with van der Waals surface area (Å²) >= 11 is 18.9. The molecule has 2 aliphatic carbocycles. The van der Waals surface area contributed by atoms with E-state index in [0.29, 0.717) is 38.2 Å². The maximum atomic E-state index is 15.5. The first-order valence-corrected chi connectivity index (χ1v) is 18.6. The fourth-order valence-electron chi connectivity index (χ4n) is 9.14. The first-order valence-electron chi connectivity index (χ1n) is 17.5. The molecule has 6 atom stereocenters. The number of allylic oxidation sites excluding steroid dienone is 2. The highest BCUT2D eigenvalue weighted by atomic mass is 35.5. The second kappa shape index (κ2) is 13.8. The third kappa shape index (κ3) is 5.54. The molecule has 8 rings (SSSR count). The van der Waals surface area contributed by atoms with Gasteiger partial charge in [0, 0.05) is 16.0 Å². The molecule has 0 aromatic heterocycles. The summed E-state index contributed by atoms with van der Waals surface area (Å²) in [5.74, 6) is -5.61. The maximum Gasteiger partial charge on any atom is 0.260 e. The molecule has 282 valence electrons. The number of ether oxygens (including phenoxy) is 3. The summed E-state index contributed by atoms with van der Waals surface area (Å²) in [6.45, 7) is 0. The molecule has 1 saturated carbocycles. The third-order valence-corrected chi connectivity index (χ3v) is 12.3. The Kier molecular flexibility index (Phi) is 9.22. The number of methoxy groups -OCH3 is 3. The van der Waals surface area contributed by atoms with E-state index >= 15 is 9.59 Å². The van der Waals surface area contributed by atoms with Crippen LogP contribution in [0.5, 0.6) is 23.0 Å². The molecule has 6 unspecified atom stereocenters. The molecule has 2 aliphatic heterocycles. The van der Waals surface area contributed by atoms with Crippen LogP contribution in [0.4, 0.5) is 11.4 Å². The monoisotopic (exact) mass is 801 g/mol. The van der Waals surface area contributed by atoms with E-state index in [0.717, 1.165) is 5.01 Å². The van der Waals surface area contributed by atoms with Crippen molar-refractivity contribution in [1.82, 2.24) is 5.01 Å². The molecule has 0 radical (unpaired) electrons. The second-order valence-corrected chi connectivity index (χ2v) is 15.3.